The molecule has 1 fully saturated rings. The molecule has 6 nitrogen and oxygen atoms in total. The first kappa shape index (κ1) is 23.4. The summed E-state index contributed by atoms with van der Waals surface area (Å²) < 4.78 is 85.9. The fraction of sp³-hybridized carbons (Fsp3) is 0.400. The van der Waals surface area contributed by atoms with E-state index in [1.807, 2.05) is 0 Å². The van der Waals surface area contributed by atoms with Crippen LogP contribution >= 0.6 is 0 Å². The van der Waals surface area contributed by atoms with Crippen molar-refractivity contribution in [3.8, 4) is 5.75 Å². The molecule has 0 radical (unpaired) electrons. The molecule has 0 saturated carbocycles. The van der Waals surface area contributed by atoms with Gasteiger partial charge in [0.05, 0.1) is 28.6 Å². The highest BCUT2D eigenvalue weighted by molar-refractivity contribution is 7.92. The molecule has 31 heavy (non-hydrogen) atoms. The molecule has 1 aliphatic heterocycles. The first-order valence-electron chi connectivity index (χ1n) is 9.43. The van der Waals surface area contributed by atoms with E-state index in [-0.39, 0.29) is 6.61 Å². The fourth-order valence-electron chi connectivity index (χ4n) is 2.95. The van der Waals surface area contributed by atoms with Gasteiger partial charge in [0.15, 0.2) is 11.6 Å². The van der Waals surface area contributed by atoms with Crippen molar-refractivity contribution in [2.24, 2.45) is 0 Å². The molecule has 3 rings (SSSR count). The van der Waals surface area contributed by atoms with Crippen LogP contribution in [0.5, 0.6) is 5.75 Å². The Bertz CT molecular complexity index is 1070. The van der Waals surface area contributed by atoms with Gasteiger partial charge in [0.1, 0.15) is 18.2 Å². The number of halogens is 3. The second kappa shape index (κ2) is 8.03. The van der Waals surface area contributed by atoms with Gasteiger partial charge in [-0.15, -0.1) is 0 Å². The third-order valence-electron chi connectivity index (χ3n) is 5.29. The summed E-state index contributed by atoms with van der Waals surface area (Å²) in [5, 5.41) is 0. The Hall–Kier alpha value is -2.24. The maximum absolute atomic E-state index is 15.5. The van der Waals surface area contributed by atoms with Crippen LogP contribution in [-0.4, -0.2) is 33.0 Å². The molecule has 0 unspecified atom stereocenters. The smallest absolute Gasteiger partial charge is 0.484 e. The van der Waals surface area contributed by atoms with Crippen LogP contribution in [-0.2, 0) is 25.9 Å². The standard InChI is InChI=1S/C20H23BF3NO5S/c1-19(2)20(3,4)30-21(29-19)16-14(23)10-15(25-31(5,26)27)18(17(16)24)28-11-12-6-8-13(22)9-7-12/h6-10,25H,11H2,1-5H3. The maximum atomic E-state index is 15.5. The van der Waals surface area contributed by atoms with Crippen LogP contribution in [0.2, 0.25) is 0 Å². The van der Waals surface area contributed by atoms with E-state index >= 15 is 4.39 Å². The van der Waals surface area contributed by atoms with Crippen molar-refractivity contribution < 1.29 is 35.6 Å². The highest BCUT2D eigenvalue weighted by Gasteiger charge is 2.53. The second-order valence-electron chi connectivity index (χ2n) is 8.34. The van der Waals surface area contributed by atoms with Crippen LogP contribution < -0.4 is 14.9 Å². The van der Waals surface area contributed by atoms with Crippen molar-refractivity contribution in [1.82, 2.24) is 0 Å². The zero-order valence-electron chi connectivity index (χ0n) is 17.8. The molecule has 0 amide bonds. The Labute approximate surface area is 179 Å². The molecular weight excluding hydrogens is 434 g/mol. The molecule has 0 aliphatic carbocycles. The van der Waals surface area contributed by atoms with Gasteiger partial charge in [-0.3, -0.25) is 4.72 Å². The van der Waals surface area contributed by atoms with Crippen LogP contribution in [0.15, 0.2) is 30.3 Å². The topological polar surface area (TPSA) is 73.9 Å². The molecule has 0 aromatic heterocycles. The fourth-order valence-corrected chi connectivity index (χ4v) is 3.50. The lowest BCUT2D eigenvalue weighted by Gasteiger charge is -2.32. The molecule has 1 N–H and O–H groups in total. The number of rotatable bonds is 6. The van der Waals surface area contributed by atoms with E-state index < -0.39 is 62.7 Å². The van der Waals surface area contributed by atoms with Crippen molar-refractivity contribution >= 4 is 28.3 Å². The molecule has 11 heteroatoms. The zero-order valence-corrected chi connectivity index (χ0v) is 18.6. The van der Waals surface area contributed by atoms with E-state index in [1.54, 1.807) is 27.7 Å². The molecule has 2 aromatic rings. The molecule has 1 saturated heterocycles. The van der Waals surface area contributed by atoms with Gasteiger partial charge in [0.25, 0.3) is 0 Å². The number of ether oxygens (including phenoxy) is 1. The third kappa shape index (κ3) is 4.99. The Kier molecular flexibility index (Phi) is 6.07. The second-order valence-corrected chi connectivity index (χ2v) is 10.1. The summed E-state index contributed by atoms with van der Waals surface area (Å²) in [5.41, 5.74) is -2.16. The molecule has 0 bridgehead atoms. The van der Waals surface area contributed by atoms with Crippen molar-refractivity contribution in [3.63, 3.8) is 0 Å². The number of anilines is 1. The van der Waals surface area contributed by atoms with Gasteiger partial charge in [0, 0.05) is 6.07 Å². The van der Waals surface area contributed by atoms with E-state index in [4.69, 9.17) is 14.0 Å². The lowest BCUT2D eigenvalue weighted by molar-refractivity contribution is 0.00578. The monoisotopic (exact) mass is 457 g/mol. The van der Waals surface area contributed by atoms with Gasteiger partial charge >= 0.3 is 7.12 Å². The quantitative estimate of drug-likeness (QED) is 0.674. The first-order valence-corrected chi connectivity index (χ1v) is 11.3. The minimum absolute atomic E-state index is 0.218. The number of nitrogens with one attached hydrogen (secondary N) is 1. The van der Waals surface area contributed by atoms with Gasteiger partial charge in [-0.2, -0.15) is 0 Å². The van der Waals surface area contributed by atoms with E-state index in [2.05, 4.69) is 4.72 Å². The lowest BCUT2D eigenvalue weighted by Crippen LogP contribution is -2.41. The highest BCUT2D eigenvalue weighted by atomic mass is 32.2. The summed E-state index contributed by atoms with van der Waals surface area (Å²) in [6.07, 6.45) is 0.842. The largest absolute Gasteiger partial charge is 0.501 e. The van der Waals surface area contributed by atoms with Crippen LogP contribution in [0.4, 0.5) is 18.9 Å². The number of sulfonamides is 1. The highest BCUT2D eigenvalue weighted by Crippen LogP contribution is 2.38. The van der Waals surface area contributed by atoms with Crippen molar-refractivity contribution in [2.75, 3.05) is 11.0 Å². The van der Waals surface area contributed by atoms with Gasteiger partial charge in [-0.25, -0.2) is 21.6 Å². The maximum Gasteiger partial charge on any atom is 0.501 e. The summed E-state index contributed by atoms with van der Waals surface area (Å²) in [6, 6.07) is 6.06. The minimum atomic E-state index is -3.87. The van der Waals surface area contributed by atoms with Crippen LogP contribution in [0, 0.1) is 17.5 Å². The molecular formula is C20H23BF3NO5S. The van der Waals surface area contributed by atoms with Crippen molar-refractivity contribution in [3.05, 3.63) is 53.3 Å². The number of hydrogen-bond donors (Lipinski definition) is 1. The Balaban J connectivity index is 2.03. The summed E-state index contributed by atoms with van der Waals surface area (Å²) >= 11 is 0. The first-order chi connectivity index (χ1) is 14.2. The predicted molar refractivity (Wildman–Crippen MR) is 111 cm³/mol. The normalized spacial score (nSPS) is 17.6. The van der Waals surface area contributed by atoms with Crippen LogP contribution in [0.25, 0.3) is 0 Å². The number of hydrogen-bond acceptors (Lipinski definition) is 5. The van der Waals surface area contributed by atoms with E-state index in [9.17, 15) is 17.2 Å². The lowest BCUT2D eigenvalue weighted by atomic mass is 9.77. The molecule has 168 valence electrons. The average Bonchev–Trinajstić information content (AvgIpc) is 2.81. The Morgan fingerprint density at radius 1 is 1.03 bits per heavy atom. The molecule has 0 spiro atoms. The summed E-state index contributed by atoms with van der Waals surface area (Å²) in [4.78, 5) is 0. The minimum Gasteiger partial charge on any atom is -0.484 e. The number of benzene rings is 2. The van der Waals surface area contributed by atoms with E-state index in [0.29, 0.717) is 5.56 Å². The van der Waals surface area contributed by atoms with Crippen LogP contribution in [0.3, 0.4) is 0 Å². The zero-order chi connectivity index (χ0) is 23.2. The summed E-state index contributed by atoms with van der Waals surface area (Å²) in [6.45, 7) is 6.70. The third-order valence-corrected chi connectivity index (χ3v) is 5.88. The van der Waals surface area contributed by atoms with Gasteiger partial charge in [0.2, 0.25) is 10.0 Å². The molecule has 0 atom stereocenters. The molecule has 2 aromatic carbocycles. The molecule has 1 heterocycles. The van der Waals surface area contributed by atoms with E-state index in [0.717, 1.165) is 12.3 Å². The summed E-state index contributed by atoms with van der Waals surface area (Å²) in [5.74, 6) is -3.21. The van der Waals surface area contributed by atoms with Gasteiger partial charge < -0.3 is 14.0 Å². The van der Waals surface area contributed by atoms with Gasteiger partial charge in [-0.05, 0) is 45.4 Å². The van der Waals surface area contributed by atoms with Crippen molar-refractivity contribution in [1.29, 1.82) is 0 Å². The summed E-state index contributed by atoms with van der Waals surface area (Å²) in [7, 11) is -5.24. The van der Waals surface area contributed by atoms with Crippen molar-refractivity contribution in [2.45, 2.75) is 45.5 Å². The van der Waals surface area contributed by atoms with Gasteiger partial charge in [-0.1, -0.05) is 12.1 Å². The predicted octanol–water partition coefficient (Wildman–Crippen LogP) is 3.35. The Morgan fingerprint density at radius 3 is 2.10 bits per heavy atom. The van der Waals surface area contributed by atoms with Crippen LogP contribution in [0.1, 0.15) is 33.3 Å². The molecule has 1 aliphatic rings. The SMILES string of the molecule is CC1(C)OB(c2c(F)cc(NS(C)(=O)=O)c(OCc3ccc(F)cc3)c2F)OC1(C)C. The Morgan fingerprint density at radius 2 is 1.58 bits per heavy atom. The van der Waals surface area contributed by atoms with E-state index in [1.165, 1.54) is 24.3 Å². The average molecular weight is 457 g/mol.